The second-order valence-corrected chi connectivity index (χ2v) is 6.90. The highest BCUT2D eigenvalue weighted by atomic mass is 16.6. The van der Waals surface area contributed by atoms with Crippen LogP contribution in [0.2, 0.25) is 0 Å². The lowest BCUT2D eigenvalue weighted by atomic mass is 10.2. The summed E-state index contributed by atoms with van der Waals surface area (Å²) in [6.07, 6.45) is -1.02. The van der Waals surface area contributed by atoms with E-state index >= 15 is 0 Å². The third-order valence-corrected chi connectivity index (χ3v) is 3.72. The van der Waals surface area contributed by atoms with Crippen molar-refractivity contribution in [2.75, 3.05) is 13.7 Å². The monoisotopic (exact) mass is 350 g/mol. The highest BCUT2D eigenvalue weighted by Crippen LogP contribution is 2.21. The van der Waals surface area contributed by atoms with Crippen LogP contribution in [0.1, 0.15) is 32.8 Å². The Balaban J connectivity index is 1.89. The normalized spacial score (nSPS) is 20.2. The Bertz CT molecular complexity index is 585. The molecule has 1 N–H and O–H groups in total. The molecule has 1 aliphatic rings. The van der Waals surface area contributed by atoms with E-state index in [1.165, 1.54) is 12.0 Å². The number of carbonyl (C=O) groups is 2. The van der Waals surface area contributed by atoms with Crippen molar-refractivity contribution in [3.8, 4) is 0 Å². The van der Waals surface area contributed by atoms with E-state index in [0.717, 1.165) is 5.56 Å². The molecule has 1 aromatic carbocycles. The molecule has 1 heterocycles. The number of carbonyl (C=O) groups excluding carboxylic acids is 2. The fourth-order valence-electron chi connectivity index (χ4n) is 2.66. The maximum atomic E-state index is 12.3. The third kappa shape index (κ3) is 5.63. The highest BCUT2D eigenvalue weighted by molar-refractivity contribution is 5.70. The molecule has 0 bridgehead atoms. The summed E-state index contributed by atoms with van der Waals surface area (Å²) in [6.45, 7) is 6.01. The number of rotatable bonds is 4. The summed E-state index contributed by atoms with van der Waals surface area (Å²) in [5, 5.41) is 2.76. The van der Waals surface area contributed by atoms with Gasteiger partial charge in [0.1, 0.15) is 12.2 Å². The van der Waals surface area contributed by atoms with Gasteiger partial charge in [-0.2, -0.15) is 0 Å². The van der Waals surface area contributed by atoms with Crippen molar-refractivity contribution in [3.05, 3.63) is 35.9 Å². The zero-order valence-corrected chi connectivity index (χ0v) is 15.2. The van der Waals surface area contributed by atoms with Gasteiger partial charge in [0.2, 0.25) is 0 Å². The van der Waals surface area contributed by atoms with Gasteiger partial charge in [0.15, 0.2) is 6.23 Å². The van der Waals surface area contributed by atoms with E-state index in [9.17, 15) is 9.59 Å². The molecule has 25 heavy (non-hydrogen) atoms. The van der Waals surface area contributed by atoms with Gasteiger partial charge in [0.25, 0.3) is 0 Å². The van der Waals surface area contributed by atoms with Crippen LogP contribution in [-0.2, 0) is 20.8 Å². The number of nitrogens with one attached hydrogen (secondary N) is 1. The van der Waals surface area contributed by atoms with E-state index in [1.807, 2.05) is 30.3 Å². The van der Waals surface area contributed by atoms with Crippen LogP contribution in [-0.4, -0.2) is 48.6 Å². The van der Waals surface area contributed by atoms with Crippen molar-refractivity contribution in [1.29, 1.82) is 0 Å². The minimum absolute atomic E-state index is 0.191. The number of ether oxygens (including phenoxy) is 3. The van der Waals surface area contributed by atoms with Crippen molar-refractivity contribution in [2.24, 2.45) is 0 Å². The van der Waals surface area contributed by atoms with Crippen molar-refractivity contribution >= 4 is 12.2 Å². The first-order chi connectivity index (χ1) is 11.8. The van der Waals surface area contributed by atoms with E-state index in [0.29, 0.717) is 13.0 Å². The molecule has 7 nitrogen and oxygen atoms in total. The molecule has 1 fully saturated rings. The highest BCUT2D eigenvalue weighted by Gasteiger charge is 2.39. The maximum Gasteiger partial charge on any atom is 0.412 e. The van der Waals surface area contributed by atoms with Crippen LogP contribution in [0.4, 0.5) is 9.59 Å². The molecule has 1 aliphatic heterocycles. The van der Waals surface area contributed by atoms with Crippen molar-refractivity contribution in [1.82, 2.24) is 10.2 Å². The molecule has 2 atom stereocenters. The second kappa shape index (κ2) is 8.20. The van der Waals surface area contributed by atoms with E-state index in [1.54, 1.807) is 20.8 Å². The van der Waals surface area contributed by atoms with E-state index in [2.05, 4.69) is 5.32 Å². The smallest absolute Gasteiger partial charge is 0.412 e. The van der Waals surface area contributed by atoms with Gasteiger partial charge in [-0.15, -0.1) is 0 Å². The predicted octanol–water partition coefficient (Wildman–Crippen LogP) is 2.89. The molecule has 138 valence electrons. The summed E-state index contributed by atoms with van der Waals surface area (Å²) in [5.74, 6) is 0. The van der Waals surface area contributed by atoms with Crippen LogP contribution in [0.3, 0.4) is 0 Å². The molecule has 0 saturated carbocycles. The Kier molecular flexibility index (Phi) is 6.25. The second-order valence-electron chi connectivity index (χ2n) is 6.90. The van der Waals surface area contributed by atoms with Gasteiger partial charge >= 0.3 is 12.2 Å². The van der Waals surface area contributed by atoms with Crippen LogP contribution < -0.4 is 5.32 Å². The molecule has 0 aromatic heterocycles. The van der Waals surface area contributed by atoms with Gasteiger partial charge in [0.05, 0.1) is 6.04 Å². The van der Waals surface area contributed by atoms with Crippen LogP contribution in [0.25, 0.3) is 0 Å². The van der Waals surface area contributed by atoms with Gasteiger partial charge in [-0.1, -0.05) is 30.3 Å². The SMILES string of the molecule is CO[C@@H]1[C@@H](NC(=O)OC(C)(C)C)CCN1C(=O)OCc1ccccc1. The van der Waals surface area contributed by atoms with E-state index in [-0.39, 0.29) is 12.6 Å². The summed E-state index contributed by atoms with van der Waals surface area (Å²) < 4.78 is 16.0. The molecule has 0 unspecified atom stereocenters. The lowest BCUT2D eigenvalue weighted by Crippen LogP contribution is -2.48. The summed E-state index contributed by atoms with van der Waals surface area (Å²) in [6, 6.07) is 9.11. The van der Waals surface area contributed by atoms with E-state index < -0.39 is 24.0 Å². The minimum Gasteiger partial charge on any atom is -0.444 e. The average Bonchev–Trinajstić information content (AvgIpc) is 2.94. The first kappa shape index (κ1) is 19.1. The number of hydrogen-bond donors (Lipinski definition) is 1. The first-order valence-corrected chi connectivity index (χ1v) is 8.30. The van der Waals surface area contributed by atoms with Crippen LogP contribution in [0, 0.1) is 0 Å². The van der Waals surface area contributed by atoms with Crippen LogP contribution >= 0.6 is 0 Å². The van der Waals surface area contributed by atoms with Gasteiger partial charge in [-0.25, -0.2) is 9.59 Å². The van der Waals surface area contributed by atoms with Crippen LogP contribution in [0.5, 0.6) is 0 Å². The molecule has 2 amide bonds. The number of methoxy groups -OCH3 is 1. The molecule has 7 heteroatoms. The fourth-order valence-corrected chi connectivity index (χ4v) is 2.66. The first-order valence-electron chi connectivity index (χ1n) is 8.30. The van der Waals surface area contributed by atoms with Crippen molar-refractivity contribution in [2.45, 2.75) is 51.7 Å². The lowest BCUT2D eigenvalue weighted by molar-refractivity contribution is -0.0228. The molecule has 1 aromatic rings. The molecule has 2 rings (SSSR count). The Morgan fingerprint density at radius 2 is 1.92 bits per heavy atom. The maximum absolute atomic E-state index is 12.3. The van der Waals surface area contributed by atoms with Gasteiger partial charge in [-0.05, 0) is 32.8 Å². The molecule has 0 radical (unpaired) electrons. The number of benzene rings is 1. The number of nitrogens with zero attached hydrogens (tertiary/aromatic N) is 1. The largest absolute Gasteiger partial charge is 0.444 e. The molecular weight excluding hydrogens is 324 g/mol. The minimum atomic E-state index is -0.587. The van der Waals surface area contributed by atoms with Gasteiger partial charge in [0, 0.05) is 13.7 Å². The lowest BCUT2D eigenvalue weighted by Gasteiger charge is -2.27. The Morgan fingerprint density at radius 3 is 2.52 bits per heavy atom. The Labute approximate surface area is 148 Å². The fraction of sp³-hybridized carbons (Fsp3) is 0.556. The Morgan fingerprint density at radius 1 is 1.24 bits per heavy atom. The molecule has 0 aliphatic carbocycles. The molecule has 0 spiro atoms. The van der Waals surface area contributed by atoms with Gasteiger partial charge < -0.3 is 19.5 Å². The number of alkyl carbamates (subject to hydrolysis) is 1. The predicted molar refractivity (Wildman–Crippen MR) is 91.9 cm³/mol. The Hall–Kier alpha value is -2.28. The van der Waals surface area contributed by atoms with Crippen LogP contribution in [0.15, 0.2) is 30.3 Å². The number of amides is 2. The molecular formula is C18H26N2O5. The topological polar surface area (TPSA) is 77.1 Å². The number of hydrogen-bond acceptors (Lipinski definition) is 5. The quantitative estimate of drug-likeness (QED) is 0.903. The average molecular weight is 350 g/mol. The third-order valence-electron chi connectivity index (χ3n) is 3.72. The number of likely N-dealkylation sites (tertiary alicyclic amines) is 1. The van der Waals surface area contributed by atoms with E-state index in [4.69, 9.17) is 14.2 Å². The summed E-state index contributed by atoms with van der Waals surface area (Å²) in [5.41, 5.74) is 0.326. The summed E-state index contributed by atoms with van der Waals surface area (Å²) >= 11 is 0. The zero-order chi connectivity index (χ0) is 18.4. The van der Waals surface area contributed by atoms with Crippen molar-refractivity contribution < 1.29 is 23.8 Å². The molecule has 1 saturated heterocycles. The zero-order valence-electron chi connectivity index (χ0n) is 15.2. The summed E-state index contributed by atoms with van der Waals surface area (Å²) in [4.78, 5) is 25.7. The van der Waals surface area contributed by atoms with Gasteiger partial charge in [-0.3, -0.25) is 4.90 Å². The summed E-state index contributed by atoms with van der Waals surface area (Å²) in [7, 11) is 1.50. The standard InChI is InChI=1S/C18H26N2O5/c1-18(2,3)25-16(21)19-14-10-11-20(15(14)23-4)17(22)24-12-13-8-6-5-7-9-13/h5-9,14-15H,10-12H2,1-4H3,(H,19,21)/t14-,15+/m0/s1. The van der Waals surface area contributed by atoms with Crippen molar-refractivity contribution in [3.63, 3.8) is 0 Å².